The molecule has 1 unspecified atom stereocenters. The van der Waals surface area contributed by atoms with Gasteiger partial charge >= 0.3 is 0 Å². The molecule has 1 aliphatic rings. The van der Waals surface area contributed by atoms with Crippen molar-refractivity contribution in [3.8, 4) is 11.5 Å². The maximum absolute atomic E-state index is 9.16. The summed E-state index contributed by atoms with van der Waals surface area (Å²) in [5.41, 5.74) is 1.10. The zero-order valence-electron chi connectivity index (χ0n) is 10.1. The third-order valence-corrected chi connectivity index (χ3v) is 2.70. The topological polar surface area (TPSA) is 50.7 Å². The molecular weight excluding hydrogens is 218 g/mol. The molecule has 2 rings (SSSR count). The third-order valence-electron chi connectivity index (χ3n) is 2.70. The van der Waals surface area contributed by atoms with Gasteiger partial charge in [-0.1, -0.05) is 12.1 Å². The Morgan fingerprint density at radius 1 is 1.35 bits per heavy atom. The van der Waals surface area contributed by atoms with Gasteiger partial charge in [0.2, 0.25) is 0 Å². The first kappa shape index (κ1) is 12.2. The van der Waals surface area contributed by atoms with E-state index in [9.17, 15) is 0 Å². The van der Waals surface area contributed by atoms with E-state index in [4.69, 9.17) is 14.6 Å². The molecule has 0 bridgehead atoms. The number of hydrogen-bond acceptors (Lipinski definition) is 4. The van der Waals surface area contributed by atoms with E-state index in [2.05, 4.69) is 5.32 Å². The lowest BCUT2D eigenvalue weighted by atomic mass is 10.1. The summed E-state index contributed by atoms with van der Waals surface area (Å²) in [4.78, 5) is 0. The highest BCUT2D eigenvalue weighted by Crippen LogP contribution is 2.33. The van der Waals surface area contributed by atoms with E-state index >= 15 is 0 Å². The number of fused-ring (bicyclic) bond motifs is 1. The summed E-state index contributed by atoms with van der Waals surface area (Å²) in [5.74, 6) is 1.68. The van der Waals surface area contributed by atoms with Gasteiger partial charge in [0.15, 0.2) is 11.5 Å². The van der Waals surface area contributed by atoms with Gasteiger partial charge in [-0.15, -0.1) is 0 Å². The molecule has 2 N–H and O–H groups in total. The predicted octanol–water partition coefficient (Wildman–Crippen LogP) is 1.32. The summed E-state index contributed by atoms with van der Waals surface area (Å²) in [6, 6.07) is 5.93. The molecule has 0 aliphatic carbocycles. The van der Waals surface area contributed by atoms with Crippen LogP contribution in [0.2, 0.25) is 0 Å². The second kappa shape index (κ2) is 5.89. The van der Waals surface area contributed by atoms with Crippen LogP contribution in [0.4, 0.5) is 0 Å². The van der Waals surface area contributed by atoms with Crippen molar-refractivity contribution < 1.29 is 14.6 Å². The predicted molar refractivity (Wildman–Crippen MR) is 65.4 cm³/mol. The van der Waals surface area contributed by atoms with E-state index in [-0.39, 0.29) is 6.10 Å². The van der Waals surface area contributed by atoms with Crippen LogP contribution in [0.15, 0.2) is 18.2 Å². The second-order valence-electron chi connectivity index (χ2n) is 4.26. The molecule has 0 radical (unpaired) electrons. The number of ether oxygens (including phenoxy) is 2. The molecule has 0 saturated heterocycles. The first-order valence-corrected chi connectivity index (χ1v) is 6.03. The van der Waals surface area contributed by atoms with Crippen molar-refractivity contribution in [3.63, 3.8) is 0 Å². The highest BCUT2D eigenvalue weighted by atomic mass is 16.6. The number of rotatable bonds is 5. The molecule has 0 spiro atoms. The maximum atomic E-state index is 9.16. The molecule has 0 aromatic heterocycles. The van der Waals surface area contributed by atoms with Crippen LogP contribution in [0.5, 0.6) is 11.5 Å². The van der Waals surface area contributed by atoms with Crippen molar-refractivity contribution in [2.24, 2.45) is 0 Å². The fourth-order valence-corrected chi connectivity index (χ4v) is 1.81. The third kappa shape index (κ3) is 3.35. The zero-order valence-corrected chi connectivity index (χ0v) is 10.1. The largest absolute Gasteiger partial charge is 0.486 e. The van der Waals surface area contributed by atoms with Crippen molar-refractivity contribution >= 4 is 0 Å². The average molecular weight is 237 g/mol. The molecule has 1 heterocycles. The van der Waals surface area contributed by atoms with Gasteiger partial charge < -0.3 is 19.9 Å². The first-order valence-electron chi connectivity index (χ1n) is 6.03. The molecule has 17 heavy (non-hydrogen) atoms. The average Bonchev–Trinajstić information content (AvgIpc) is 2.34. The zero-order chi connectivity index (χ0) is 12.1. The van der Waals surface area contributed by atoms with Gasteiger partial charge in [-0.3, -0.25) is 0 Å². The lowest BCUT2D eigenvalue weighted by molar-refractivity contribution is 0.169. The fourth-order valence-electron chi connectivity index (χ4n) is 1.81. The molecule has 4 heteroatoms. The highest BCUT2D eigenvalue weighted by Gasteiger charge is 2.14. The minimum absolute atomic E-state index is 0.258. The Balaban J connectivity index is 1.92. The molecule has 1 aliphatic heterocycles. The number of aliphatic hydroxyl groups is 1. The second-order valence-corrected chi connectivity index (χ2v) is 4.26. The van der Waals surface area contributed by atoms with Gasteiger partial charge in [-0.05, 0) is 26.0 Å². The minimum atomic E-state index is -0.258. The van der Waals surface area contributed by atoms with E-state index in [1.54, 1.807) is 6.92 Å². The lowest BCUT2D eigenvalue weighted by Crippen LogP contribution is -2.21. The Morgan fingerprint density at radius 2 is 2.18 bits per heavy atom. The van der Waals surface area contributed by atoms with Crippen LogP contribution in [0.3, 0.4) is 0 Å². The Morgan fingerprint density at radius 3 is 3.00 bits per heavy atom. The fraction of sp³-hybridized carbons (Fsp3) is 0.538. The highest BCUT2D eigenvalue weighted by molar-refractivity contribution is 5.47. The van der Waals surface area contributed by atoms with Gasteiger partial charge in [0, 0.05) is 12.1 Å². The van der Waals surface area contributed by atoms with Crippen molar-refractivity contribution in [1.82, 2.24) is 5.32 Å². The summed E-state index contributed by atoms with van der Waals surface area (Å²) in [5, 5.41) is 12.4. The SMILES string of the molecule is CC(O)CCNCc1cccc2c1OCCO2. The molecule has 4 nitrogen and oxygen atoms in total. The van der Waals surface area contributed by atoms with Crippen LogP contribution in [-0.2, 0) is 6.54 Å². The standard InChI is InChI=1S/C13H19NO3/c1-10(15)5-6-14-9-11-3-2-4-12-13(11)17-8-7-16-12/h2-4,10,14-15H,5-9H2,1H3. The molecule has 1 aromatic rings. The van der Waals surface area contributed by atoms with Gasteiger partial charge in [0.05, 0.1) is 6.10 Å². The van der Waals surface area contributed by atoms with E-state index in [0.29, 0.717) is 13.2 Å². The molecular formula is C13H19NO3. The molecule has 0 saturated carbocycles. The number of hydrogen-bond donors (Lipinski definition) is 2. The van der Waals surface area contributed by atoms with Crippen molar-refractivity contribution in [3.05, 3.63) is 23.8 Å². The van der Waals surface area contributed by atoms with E-state index in [1.807, 2.05) is 18.2 Å². The Hall–Kier alpha value is -1.26. The van der Waals surface area contributed by atoms with Gasteiger partial charge in [0.1, 0.15) is 13.2 Å². The quantitative estimate of drug-likeness (QED) is 0.758. The monoisotopic (exact) mass is 237 g/mol. The smallest absolute Gasteiger partial charge is 0.165 e. The van der Waals surface area contributed by atoms with Crippen molar-refractivity contribution in [1.29, 1.82) is 0 Å². The molecule has 0 amide bonds. The van der Waals surface area contributed by atoms with E-state index < -0.39 is 0 Å². The normalized spacial score (nSPS) is 15.6. The maximum Gasteiger partial charge on any atom is 0.165 e. The molecule has 1 aromatic carbocycles. The Kier molecular flexibility index (Phi) is 4.23. The van der Waals surface area contributed by atoms with Gasteiger partial charge in [-0.25, -0.2) is 0 Å². The molecule has 1 atom stereocenters. The summed E-state index contributed by atoms with van der Waals surface area (Å²) >= 11 is 0. The molecule has 94 valence electrons. The first-order chi connectivity index (χ1) is 8.27. The number of para-hydroxylation sites is 1. The minimum Gasteiger partial charge on any atom is -0.486 e. The van der Waals surface area contributed by atoms with E-state index in [0.717, 1.165) is 36.6 Å². The van der Waals surface area contributed by atoms with Crippen LogP contribution < -0.4 is 14.8 Å². The summed E-state index contributed by atoms with van der Waals surface area (Å²) in [6.45, 7) is 4.55. The van der Waals surface area contributed by atoms with Crippen LogP contribution in [0.1, 0.15) is 18.9 Å². The summed E-state index contributed by atoms with van der Waals surface area (Å²) < 4.78 is 11.1. The van der Waals surface area contributed by atoms with Crippen LogP contribution in [0, 0.1) is 0 Å². The van der Waals surface area contributed by atoms with Gasteiger partial charge in [0.25, 0.3) is 0 Å². The summed E-state index contributed by atoms with van der Waals surface area (Å²) in [6.07, 6.45) is 0.499. The Labute approximate surface area is 102 Å². The van der Waals surface area contributed by atoms with Crippen LogP contribution >= 0.6 is 0 Å². The number of nitrogens with one attached hydrogen (secondary N) is 1. The molecule has 0 fully saturated rings. The van der Waals surface area contributed by atoms with Crippen molar-refractivity contribution in [2.45, 2.75) is 26.0 Å². The van der Waals surface area contributed by atoms with Crippen molar-refractivity contribution in [2.75, 3.05) is 19.8 Å². The number of aliphatic hydroxyl groups excluding tert-OH is 1. The Bertz CT molecular complexity index is 366. The summed E-state index contributed by atoms with van der Waals surface area (Å²) in [7, 11) is 0. The van der Waals surface area contributed by atoms with Gasteiger partial charge in [-0.2, -0.15) is 0 Å². The lowest BCUT2D eigenvalue weighted by Gasteiger charge is -2.21. The van der Waals surface area contributed by atoms with Crippen LogP contribution in [-0.4, -0.2) is 31.0 Å². The number of benzene rings is 1. The van der Waals surface area contributed by atoms with E-state index in [1.165, 1.54) is 0 Å². The van der Waals surface area contributed by atoms with Crippen LogP contribution in [0.25, 0.3) is 0 Å².